The van der Waals surface area contributed by atoms with E-state index in [1.165, 1.54) is 17.0 Å². The second-order valence-corrected chi connectivity index (χ2v) is 5.48. The summed E-state index contributed by atoms with van der Waals surface area (Å²) in [6.45, 7) is 9.60. The number of hydrogen-bond donors (Lipinski definition) is 1. The van der Waals surface area contributed by atoms with Gasteiger partial charge in [0.25, 0.3) is 5.56 Å². The van der Waals surface area contributed by atoms with Gasteiger partial charge < -0.3 is 10.0 Å². The van der Waals surface area contributed by atoms with Crippen LogP contribution in [0.3, 0.4) is 0 Å². The lowest BCUT2D eigenvalue weighted by molar-refractivity contribution is 0.474. The average Bonchev–Trinajstić information content (AvgIpc) is 2.49. The number of hydrogen-bond acceptors (Lipinski definition) is 4. The number of phenolic OH excluding ortho intramolecular Hbond substituents is 1. The molecule has 0 spiro atoms. The van der Waals surface area contributed by atoms with E-state index in [0.29, 0.717) is 5.56 Å². The molecule has 23 heavy (non-hydrogen) atoms. The molecule has 0 radical (unpaired) electrons. The highest BCUT2D eigenvalue weighted by Crippen LogP contribution is 2.23. The number of pyridine rings is 1. The van der Waals surface area contributed by atoms with Gasteiger partial charge in [0.2, 0.25) is 0 Å². The van der Waals surface area contributed by atoms with Crippen LogP contribution >= 0.6 is 0 Å². The molecule has 0 fully saturated rings. The average molecular weight is 313 g/mol. The van der Waals surface area contributed by atoms with Crippen LogP contribution in [0.15, 0.2) is 40.2 Å². The van der Waals surface area contributed by atoms with Gasteiger partial charge in [0.1, 0.15) is 5.75 Å². The summed E-state index contributed by atoms with van der Waals surface area (Å²) in [4.78, 5) is 14.1. The third-order valence-electron chi connectivity index (χ3n) is 3.79. The van der Waals surface area contributed by atoms with Gasteiger partial charge in [-0.25, -0.2) is 4.68 Å². The van der Waals surface area contributed by atoms with Crippen molar-refractivity contribution in [3.8, 4) is 5.75 Å². The molecule has 1 heterocycles. The molecular formula is C18H23N3O2. The van der Waals surface area contributed by atoms with E-state index in [0.717, 1.165) is 30.0 Å². The number of rotatable bonds is 5. The fourth-order valence-corrected chi connectivity index (χ4v) is 2.56. The predicted octanol–water partition coefficient (Wildman–Crippen LogP) is 2.90. The highest BCUT2D eigenvalue weighted by molar-refractivity contribution is 5.84. The van der Waals surface area contributed by atoms with Crippen molar-refractivity contribution in [1.82, 2.24) is 4.68 Å². The molecule has 0 aliphatic rings. The fourth-order valence-electron chi connectivity index (χ4n) is 2.56. The molecule has 0 saturated carbocycles. The molecule has 0 unspecified atom stereocenters. The van der Waals surface area contributed by atoms with Crippen molar-refractivity contribution in [2.45, 2.75) is 27.7 Å². The normalized spacial score (nSPS) is 11.1. The molecule has 0 aliphatic carbocycles. The second-order valence-electron chi connectivity index (χ2n) is 5.48. The van der Waals surface area contributed by atoms with E-state index in [-0.39, 0.29) is 11.3 Å². The van der Waals surface area contributed by atoms with E-state index in [1.807, 2.05) is 26.0 Å². The minimum Gasteiger partial charge on any atom is -0.507 e. The highest BCUT2D eigenvalue weighted by Gasteiger charge is 2.06. The number of benzene rings is 1. The van der Waals surface area contributed by atoms with Gasteiger partial charge >= 0.3 is 0 Å². The molecule has 0 bridgehead atoms. The zero-order chi connectivity index (χ0) is 17.0. The first-order chi connectivity index (χ1) is 11.0. The van der Waals surface area contributed by atoms with Crippen LogP contribution in [-0.4, -0.2) is 29.1 Å². The summed E-state index contributed by atoms with van der Waals surface area (Å²) < 4.78 is 1.32. The summed E-state index contributed by atoms with van der Waals surface area (Å²) in [5.74, 6) is 0.149. The Morgan fingerprint density at radius 3 is 2.43 bits per heavy atom. The van der Waals surface area contributed by atoms with E-state index >= 15 is 0 Å². The van der Waals surface area contributed by atoms with E-state index in [4.69, 9.17) is 0 Å². The minimum absolute atomic E-state index is 0.149. The molecule has 0 aliphatic heterocycles. The maximum absolute atomic E-state index is 12.0. The van der Waals surface area contributed by atoms with E-state index in [1.54, 1.807) is 12.1 Å². The molecule has 122 valence electrons. The van der Waals surface area contributed by atoms with Gasteiger partial charge in [0, 0.05) is 42.2 Å². The number of aromatic hydroxyl groups is 1. The maximum atomic E-state index is 12.0. The fraction of sp³-hybridized carbons (Fsp3) is 0.333. The SMILES string of the molecule is CCN(CC)c1ccc(/C=N/n2c(C)cc(C)cc2=O)c(O)c1. The lowest BCUT2D eigenvalue weighted by Crippen LogP contribution is -2.21. The first-order valence-corrected chi connectivity index (χ1v) is 7.78. The zero-order valence-electron chi connectivity index (χ0n) is 14.1. The molecule has 1 N–H and O–H groups in total. The Balaban J connectivity index is 2.32. The molecule has 0 saturated heterocycles. The Morgan fingerprint density at radius 2 is 1.87 bits per heavy atom. The van der Waals surface area contributed by atoms with Gasteiger partial charge in [-0.15, -0.1) is 0 Å². The molecule has 2 aromatic rings. The lowest BCUT2D eigenvalue weighted by atomic mass is 10.2. The van der Waals surface area contributed by atoms with Gasteiger partial charge in [-0.1, -0.05) is 0 Å². The Kier molecular flexibility index (Phi) is 5.21. The van der Waals surface area contributed by atoms with Crippen LogP contribution in [0, 0.1) is 13.8 Å². The van der Waals surface area contributed by atoms with Crippen molar-refractivity contribution in [3.05, 3.63) is 57.5 Å². The van der Waals surface area contributed by atoms with Gasteiger partial charge in [-0.05, 0) is 51.5 Å². The summed E-state index contributed by atoms with van der Waals surface area (Å²) in [7, 11) is 0. The van der Waals surface area contributed by atoms with Crippen molar-refractivity contribution in [3.63, 3.8) is 0 Å². The highest BCUT2D eigenvalue weighted by atomic mass is 16.3. The standard InChI is InChI=1S/C18H23N3O2/c1-5-20(6-2)16-8-7-15(17(22)11-16)12-19-21-14(4)9-13(3)10-18(21)23/h7-12,22H,5-6H2,1-4H3/b19-12+. The summed E-state index contributed by atoms with van der Waals surface area (Å²) in [5.41, 5.74) is 3.02. The number of phenols is 1. The minimum atomic E-state index is -0.182. The predicted molar refractivity (Wildman–Crippen MR) is 94.8 cm³/mol. The summed E-state index contributed by atoms with van der Waals surface area (Å²) in [6, 6.07) is 8.90. The number of aryl methyl sites for hydroxylation is 2. The van der Waals surface area contributed by atoms with Gasteiger partial charge in [0.15, 0.2) is 0 Å². The van der Waals surface area contributed by atoms with Crippen LogP contribution in [0.1, 0.15) is 30.7 Å². The first-order valence-electron chi connectivity index (χ1n) is 7.78. The number of aromatic nitrogens is 1. The Hall–Kier alpha value is -2.56. The molecular weight excluding hydrogens is 290 g/mol. The third-order valence-corrected chi connectivity index (χ3v) is 3.79. The molecule has 0 amide bonds. The summed E-state index contributed by atoms with van der Waals surface area (Å²) >= 11 is 0. The Morgan fingerprint density at radius 1 is 1.17 bits per heavy atom. The summed E-state index contributed by atoms with van der Waals surface area (Å²) in [5, 5.41) is 14.4. The molecule has 1 aromatic heterocycles. The van der Waals surface area contributed by atoms with E-state index in [9.17, 15) is 9.90 Å². The van der Waals surface area contributed by atoms with Crippen molar-refractivity contribution < 1.29 is 5.11 Å². The summed E-state index contributed by atoms with van der Waals surface area (Å²) in [6.07, 6.45) is 1.51. The van der Waals surface area contributed by atoms with Crippen molar-refractivity contribution in [2.24, 2.45) is 5.10 Å². The third kappa shape index (κ3) is 3.80. The Labute approximate surface area is 136 Å². The monoisotopic (exact) mass is 313 g/mol. The van der Waals surface area contributed by atoms with E-state index in [2.05, 4.69) is 23.8 Å². The van der Waals surface area contributed by atoms with Crippen LogP contribution in [0.5, 0.6) is 5.75 Å². The van der Waals surface area contributed by atoms with Crippen molar-refractivity contribution in [2.75, 3.05) is 18.0 Å². The quantitative estimate of drug-likeness (QED) is 0.864. The van der Waals surface area contributed by atoms with Crippen LogP contribution in [-0.2, 0) is 0 Å². The molecule has 5 heteroatoms. The first kappa shape index (κ1) is 16.8. The lowest BCUT2D eigenvalue weighted by Gasteiger charge is -2.21. The topological polar surface area (TPSA) is 57.8 Å². The van der Waals surface area contributed by atoms with Gasteiger partial charge in [-0.2, -0.15) is 5.10 Å². The van der Waals surface area contributed by atoms with Crippen molar-refractivity contribution >= 4 is 11.9 Å². The molecule has 5 nitrogen and oxygen atoms in total. The number of nitrogens with zero attached hydrogens (tertiary/aromatic N) is 3. The van der Waals surface area contributed by atoms with E-state index < -0.39 is 0 Å². The van der Waals surface area contributed by atoms with Crippen LogP contribution in [0.4, 0.5) is 5.69 Å². The zero-order valence-corrected chi connectivity index (χ0v) is 14.1. The number of anilines is 1. The van der Waals surface area contributed by atoms with Crippen molar-refractivity contribution in [1.29, 1.82) is 0 Å². The maximum Gasteiger partial charge on any atom is 0.271 e. The molecule has 2 rings (SSSR count). The Bertz CT molecular complexity index is 774. The van der Waals surface area contributed by atoms with Crippen LogP contribution < -0.4 is 10.5 Å². The molecule has 1 aromatic carbocycles. The van der Waals surface area contributed by atoms with Crippen LogP contribution in [0.2, 0.25) is 0 Å². The van der Waals surface area contributed by atoms with Crippen LogP contribution in [0.25, 0.3) is 0 Å². The second kappa shape index (κ2) is 7.13. The largest absolute Gasteiger partial charge is 0.507 e. The van der Waals surface area contributed by atoms with Gasteiger partial charge in [-0.3, -0.25) is 4.79 Å². The molecule has 0 atom stereocenters. The van der Waals surface area contributed by atoms with Gasteiger partial charge in [0.05, 0.1) is 6.21 Å². The smallest absolute Gasteiger partial charge is 0.271 e.